The van der Waals surface area contributed by atoms with Gasteiger partial charge in [-0.05, 0) is 53.3 Å². The zero-order valence-electron chi connectivity index (χ0n) is 8.25. The number of furan rings is 1. The first-order valence-corrected chi connectivity index (χ1v) is 5.91. The summed E-state index contributed by atoms with van der Waals surface area (Å²) in [7, 11) is 0. The Balaban J connectivity index is 2.61. The van der Waals surface area contributed by atoms with Crippen LogP contribution in [-0.2, 0) is 0 Å². The highest BCUT2D eigenvalue weighted by atomic mass is 127. The molecule has 0 radical (unpaired) electrons. The van der Waals surface area contributed by atoms with Crippen molar-refractivity contribution >= 4 is 44.5 Å². The number of halogens is 1. The van der Waals surface area contributed by atoms with Gasteiger partial charge in [0, 0.05) is 10.8 Å². The molecule has 2 aromatic carbocycles. The van der Waals surface area contributed by atoms with Gasteiger partial charge in [-0.25, -0.2) is 0 Å². The average molecular weight is 308 g/mol. The molecule has 0 unspecified atom stereocenters. The van der Waals surface area contributed by atoms with Crippen molar-refractivity contribution in [1.29, 1.82) is 0 Å². The molecule has 0 amide bonds. The predicted molar refractivity (Wildman–Crippen MR) is 71.2 cm³/mol. The molecule has 0 aliphatic heterocycles. The van der Waals surface area contributed by atoms with Crippen LogP contribution in [0.3, 0.4) is 0 Å². The molecule has 0 saturated heterocycles. The molecule has 1 nitrogen and oxygen atoms in total. The van der Waals surface area contributed by atoms with E-state index < -0.39 is 0 Å². The maximum atomic E-state index is 5.83. The minimum absolute atomic E-state index is 0.969. The van der Waals surface area contributed by atoms with Crippen molar-refractivity contribution in [3.8, 4) is 0 Å². The van der Waals surface area contributed by atoms with Crippen LogP contribution in [0.4, 0.5) is 0 Å². The Morgan fingerprint density at radius 2 is 1.87 bits per heavy atom. The second-order valence-electron chi connectivity index (χ2n) is 3.72. The van der Waals surface area contributed by atoms with Gasteiger partial charge < -0.3 is 4.42 Å². The number of hydrogen-bond acceptors (Lipinski definition) is 1. The zero-order chi connectivity index (χ0) is 10.4. The molecule has 3 aromatic rings. The fraction of sp³-hybridized carbons (Fsp3) is 0.0769. The Morgan fingerprint density at radius 1 is 1.07 bits per heavy atom. The van der Waals surface area contributed by atoms with Crippen molar-refractivity contribution in [1.82, 2.24) is 0 Å². The molecule has 0 saturated carbocycles. The Hall–Kier alpha value is -1.03. The summed E-state index contributed by atoms with van der Waals surface area (Å²) < 4.78 is 7.01. The van der Waals surface area contributed by atoms with Crippen LogP contribution >= 0.6 is 22.6 Å². The number of rotatable bonds is 0. The van der Waals surface area contributed by atoms with Crippen LogP contribution in [0, 0.1) is 10.5 Å². The lowest BCUT2D eigenvalue weighted by atomic mass is 10.1. The summed E-state index contributed by atoms with van der Waals surface area (Å²) in [5, 5.41) is 2.42. The summed E-state index contributed by atoms with van der Waals surface area (Å²) in [6.07, 6.45) is 0. The normalized spacial score (nSPS) is 11.3. The third-order valence-electron chi connectivity index (χ3n) is 2.58. The summed E-state index contributed by atoms with van der Waals surface area (Å²) in [5.74, 6) is 0. The molecule has 1 heterocycles. The summed E-state index contributed by atoms with van der Waals surface area (Å²) in [6, 6.07) is 12.5. The predicted octanol–water partition coefficient (Wildman–Crippen LogP) is 4.50. The van der Waals surface area contributed by atoms with Gasteiger partial charge in [-0.15, -0.1) is 0 Å². The van der Waals surface area contributed by atoms with Crippen LogP contribution in [0.1, 0.15) is 5.56 Å². The average Bonchev–Trinajstić information content (AvgIpc) is 2.57. The smallest absolute Gasteiger partial charge is 0.148 e. The van der Waals surface area contributed by atoms with E-state index in [4.69, 9.17) is 4.42 Å². The van der Waals surface area contributed by atoms with E-state index >= 15 is 0 Å². The van der Waals surface area contributed by atoms with E-state index in [9.17, 15) is 0 Å². The number of aryl methyl sites for hydroxylation is 1. The van der Waals surface area contributed by atoms with Crippen LogP contribution in [0.5, 0.6) is 0 Å². The van der Waals surface area contributed by atoms with Crippen molar-refractivity contribution in [3.63, 3.8) is 0 Å². The van der Waals surface area contributed by atoms with Gasteiger partial charge in [-0.3, -0.25) is 0 Å². The molecule has 2 heteroatoms. The molecule has 1 aromatic heterocycles. The molecular weight excluding hydrogens is 299 g/mol. The first kappa shape index (κ1) is 9.21. The number of para-hydroxylation sites is 1. The van der Waals surface area contributed by atoms with Gasteiger partial charge in [0.2, 0.25) is 0 Å². The Labute approximate surface area is 101 Å². The standard InChI is InChI=1S/C13H9IO/c1-8-6-10-9-4-2-3-5-12(9)15-13(10)11(14)7-8/h2-7H,1H3. The van der Waals surface area contributed by atoms with E-state index in [0.29, 0.717) is 0 Å². The van der Waals surface area contributed by atoms with Crippen LogP contribution in [0.25, 0.3) is 21.9 Å². The van der Waals surface area contributed by atoms with Crippen LogP contribution in [-0.4, -0.2) is 0 Å². The molecule has 0 aliphatic carbocycles. The lowest BCUT2D eigenvalue weighted by Gasteiger charge is -1.95. The first-order valence-electron chi connectivity index (χ1n) is 4.83. The minimum Gasteiger partial charge on any atom is -0.455 e. The second-order valence-corrected chi connectivity index (χ2v) is 4.88. The highest BCUT2D eigenvalue weighted by Crippen LogP contribution is 2.32. The third-order valence-corrected chi connectivity index (χ3v) is 3.38. The minimum atomic E-state index is 0.969. The molecule has 3 rings (SSSR count). The number of hydrogen-bond donors (Lipinski definition) is 0. The second kappa shape index (κ2) is 3.23. The molecule has 74 valence electrons. The Bertz CT molecular complexity index is 652. The third kappa shape index (κ3) is 1.35. The monoisotopic (exact) mass is 308 g/mol. The molecule has 0 fully saturated rings. The highest BCUT2D eigenvalue weighted by molar-refractivity contribution is 14.1. The van der Waals surface area contributed by atoms with Gasteiger partial charge in [0.05, 0.1) is 3.57 Å². The topological polar surface area (TPSA) is 13.1 Å². The van der Waals surface area contributed by atoms with Gasteiger partial charge in [0.1, 0.15) is 11.2 Å². The molecule has 15 heavy (non-hydrogen) atoms. The lowest BCUT2D eigenvalue weighted by molar-refractivity contribution is 0.666. The summed E-state index contributed by atoms with van der Waals surface area (Å²) >= 11 is 2.32. The number of fused-ring (bicyclic) bond motifs is 3. The molecule has 0 aliphatic rings. The quantitative estimate of drug-likeness (QED) is 0.557. The highest BCUT2D eigenvalue weighted by Gasteiger charge is 2.09. The van der Waals surface area contributed by atoms with Crippen molar-refractivity contribution < 1.29 is 4.42 Å². The Kier molecular flexibility index (Phi) is 1.99. The Morgan fingerprint density at radius 3 is 2.73 bits per heavy atom. The maximum absolute atomic E-state index is 5.83. The van der Waals surface area contributed by atoms with E-state index in [1.54, 1.807) is 0 Å². The van der Waals surface area contributed by atoms with Gasteiger partial charge >= 0.3 is 0 Å². The summed E-state index contributed by atoms with van der Waals surface area (Å²) in [4.78, 5) is 0. The van der Waals surface area contributed by atoms with Crippen molar-refractivity contribution in [2.24, 2.45) is 0 Å². The molecule has 0 atom stereocenters. The van der Waals surface area contributed by atoms with Gasteiger partial charge in [-0.1, -0.05) is 18.2 Å². The van der Waals surface area contributed by atoms with Crippen LogP contribution in [0.2, 0.25) is 0 Å². The summed E-state index contributed by atoms with van der Waals surface area (Å²) in [6.45, 7) is 2.11. The fourth-order valence-corrected chi connectivity index (χ4v) is 2.81. The van der Waals surface area contributed by atoms with E-state index in [1.807, 2.05) is 18.2 Å². The van der Waals surface area contributed by atoms with Gasteiger partial charge in [-0.2, -0.15) is 0 Å². The van der Waals surface area contributed by atoms with Crippen LogP contribution in [0.15, 0.2) is 40.8 Å². The fourth-order valence-electron chi connectivity index (χ4n) is 1.92. The van der Waals surface area contributed by atoms with E-state index in [0.717, 1.165) is 11.2 Å². The first-order chi connectivity index (χ1) is 7.25. The summed E-state index contributed by atoms with van der Waals surface area (Å²) in [5.41, 5.74) is 3.25. The zero-order valence-corrected chi connectivity index (χ0v) is 10.4. The molecular formula is C13H9IO. The SMILES string of the molecule is Cc1cc(I)c2oc3ccccc3c2c1. The maximum Gasteiger partial charge on any atom is 0.148 e. The molecule has 0 spiro atoms. The van der Waals surface area contributed by atoms with E-state index in [-0.39, 0.29) is 0 Å². The van der Waals surface area contributed by atoms with Crippen LogP contribution < -0.4 is 0 Å². The van der Waals surface area contributed by atoms with Gasteiger partial charge in [0.15, 0.2) is 0 Å². The van der Waals surface area contributed by atoms with Crippen molar-refractivity contribution in [2.75, 3.05) is 0 Å². The van der Waals surface area contributed by atoms with E-state index in [1.165, 1.54) is 19.9 Å². The largest absolute Gasteiger partial charge is 0.455 e. The van der Waals surface area contributed by atoms with Crippen molar-refractivity contribution in [2.45, 2.75) is 6.92 Å². The van der Waals surface area contributed by atoms with Gasteiger partial charge in [0.25, 0.3) is 0 Å². The number of benzene rings is 2. The van der Waals surface area contributed by atoms with Crippen molar-refractivity contribution in [3.05, 3.63) is 45.5 Å². The molecule has 0 bridgehead atoms. The van der Waals surface area contributed by atoms with E-state index in [2.05, 4.69) is 47.7 Å². The molecule has 0 N–H and O–H groups in total. The lowest BCUT2D eigenvalue weighted by Crippen LogP contribution is -1.76.